The fourth-order valence-corrected chi connectivity index (χ4v) is 1.31. The van der Waals surface area contributed by atoms with Crippen molar-refractivity contribution in [2.24, 2.45) is 0 Å². The molecule has 1 aliphatic carbocycles. The van der Waals surface area contributed by atoms with Crippen LogP contribution in [0, 0.1) is 11.3 Å². The number of rotatable bonds is 0. The zero-order chi connectivity index (χ0) is 7.23. The first-order chi connectivity index (χ1) is 4.93. The van der Waals surface area contributed by atoms with Gasteiger partial charge in [0.05, 0.1) is 0 Å². The molecule has 1 aliphatic rings. The zero-order valence-electron chi connectivity index (χ0n) is 5.99. The molecule has 0 saturated carbocycles. The lowest BCUT2D eigenvalue weighted by molar-refractivity contribution is 0.714. The molecule has 0 amide bonds. The molecule has 0 radical (unpaired) electrons. The van der Waals surface area contributed by atoms with E-state index in [0.29, 0.717) is 0 Å². The third-order valence-electron chi connectivity index (χ3n) is 1.75. The maximum Gasteiger partial charge on any atom is 0.00917 e. The Kier molecular flexibility index (Phi) is 3.40. The molecule has 54 valence electrons. The Morgan fingerprint density at radius 3 is 3.00 bits per heavy atom. The van der Waals surface area contributed by atoms with Crippen LogP contribution in [-0.2, 0) is 0 Å². The van der Waals surface area contributed by atoms with Crippen LogP contribution in [-0.4, -0.2) is 0 Å². The molecular weight excluding hydrogens is 144 g/mol. The Balaban J connectivity index is 2.51. The second-order valence-corrected chi connectivity index (χ2v) is 2.74. The summed E-state index contributed by atoms with van der Waals surface area (Å²) in [5, 5.41) is 2.42. The van der Waals surface area contributed by atoms with Crippen molar-refractivity contribution in [3.63, 3.8) is 0 Å². The van der Waals surface area contributed by atoms with Gasteiger partial charge in [-0.05, 0) is 42.9 Å². The van der Waals surface area contributed by atoms with Crippen molar-refractivity contribution in [3.8, 4) is 11.3 Å². The van der Waals surface area contributed by atoms with Gasteiger partial charge >= 0.3 is 0 Å². The number of hydrogen-bond donors (Lipinski definition) is 0. The molecule has 0 fully saturated rings. The average molecular weight is 155 g/mol. The largest absolute Gasteiger partial charge is 0.0729 e. The monoisotopic (exact) mass is 154 g/mol. The molecule has 0 bridgehead atoms. The van der Waals surface area contributed by atoms with Crippen molar-refractivity contribution < 1.29 is 0 Å². The smallest absolute Gasteiger partial charge is 0.00917 e. The van der Waals surface area contributed by atoms with Crippen LogP contribution in [0.4, 0.5) is 0 Å². The molecule has 1 heteroatoms. The van der Waals surface area contributed by atoms with E-state index in [1.54, 1.807) is 0 Å². The van der Waals surface area contributed by atoms with Gasteiger partial charge in [-0.3, -0.25) is 0 Å². The zero-order valence-corrected chi connectivity index (χ0v) is 6.75. The molecule has 10 heavy (non-hydrogen) atoms. The van der Waals surface area contributed by atoms with Crippen LogP contribution in [0.3, 0.4) is 0 Å². The summed E-state index contributed by atoms with van der Waals surface area (Å²) in [5.41, 5.74) is 1.23. The first-order valence-corrected chi connectivity index (χ1v) is 4.12. The van der Waals surface area contributed by atoms with Gasteiger partial charge in [0, 0.05) is 5.38 Å². The third-order valence-corrected chi connectivity index (χ3v) is 1.84. The summed E-state index contributed by atoms with van der Waals surface area (Å²) in [6.45, 7) is 0. The summed E-state index contributed by atoms with van der Waals surface area (Å²) in [7, 11) is 0. The summed E-state index contributed by atoms with van der Waals surface area (Å²) in [4.78, 5) is 0. The Morgan fingerprint density at radius 1 is 1.30 bits per heavy atom. The van der Waals surface area contributed by atoms with E-state index in [9.17, 15) is 0 Å². The third kappa shape index (κ3) is 2.45. The van der Waals surface area contributed by atoms with Crippen molar-refractivity contribution in [3.05, 3.63) is 11.6 Å². The van der Waals surface area contributed by atoms with E-state index >= 15 is 0 Å². The SMILES string of the molecule is ClC#CC1=CCCCCC1. The molecule has 0 heterocycles. The van der Waals surface area contributed by atoms with Gasteiger partial charge in [0.1, 0.15) is 0 Å². The van der Waals surface area contributed by atoms with Gasteiger partial charge in [0.2, 0.25) is 0 Å². The number of allylic oxidation sites excluding steroid dienone is 2. The van der Waals surface area contributed by atoms with Gasteiger partial charge in [-0.15, -0.1) is 0 Å². The molecule has 0 aromatic heterocycles. The van der Waals surface area contributed by atoms with Gasteiger partial charge in [0.25, 0.3) is 0 Å². The van der Waals surface area contributed by atoms with Gasteiger partial charge in [-0.1, -0.05) is 18.4 Å². The van der Waals surface area contributed by atoms with Crippen molar-refractivity contribution in [1.29, 1.82) is 0 Å². The maximum absolute atomic E-state index is 5.29. The lowest BCUT2D eigenvalue weighted by Crippen LogP contribution is -1.75. The lowest BCUT2D eigenvalue weighted by atomic mass is 10.1. The summed E-state index contributed by atoms with van der Waals surface area (Å²) in [5.74, 6) is 2.90. The summed E-state index contributed by atoms with van der Waals surface area (Å²) in [6, 6.07) is 0. The quantitative estimate of drug-likeness (QED) is 0.471. The van der Waals surface area contributed by atoms with Crippen LogP contribution >= 0.6 is 11.6 Å². The minimum absolute atomic E-state index is 1.12. The Hall–Kier alpha value is -0.410. The van der Waals surface area contributed by atoms with Crippen LogP contribution in [0.5, 0.6) is 0 Å². The highest BCUT2D eigenvalue weighted by Crippen LogP contribution is 2.15. The van der Waals surface area contributed by atoms with Crippen LogP contribution < -0.4 is 0 Å². The second-order valence-electron chi connectivity index (χ2n) is 2.55. The van der Waals surface area contributed by atoms with Crippen molar-refractivity contribution in [1.82, 2.24) is 0 Å². The second kappa shape index (κ2) is 4.41. The molecule has 0 unspecified atom stereocenters. The number of halogens is 1. The highest BCUT2D eigenvalue weighted by Gasteiger charge is 1.98. The normalized spacial score (nSPS) is 18.3. The van der Waals surface area contributed by atoms with Crippen LogP contribution in [0.15, 0.2) is 11.6 Å². The molecule has 0 atom stereocenters. The van der Waals surface area contributed by atoms with E-state index in [-0.39, 0.29) is 0 Å². The average Bonchev–Trinajstić information content (AvgIpc) is 2.17. The predicted octanol–water partition coefficient (Wildman–Crippen LogP) is 3.08. The molecular formula is C9H11Cl. The van der Waals surface area contributed by atoms with Crippen LogP contribution in [0.1, 0.15) is 32.1 Å². The standard InChI is InChI=1S/C9H11Cl/c10-8-7-9-5-3-1-2-4-6-9/h5H,1-4,6H2. The van der Waals surface area contributed by atoms with Crippen LogP contribution in [0.2, 0.25) is 0 Å². The molecule has 1 rings (SSSR count). The fourth-order valence-electron chi connectivity index (χ4n) is 1.19. The Labute approximate surface area is 67.3 Å². The van der Waals surface area contributed by atoms with Crippen LogP contribution in [0.25, 0.3) is 0 Å². The Morgan fingerprint density at radius 2 is 2.20 bits per heavy atom. The molecule has 0 aromatic carbocycles. The minimum atomic E-state index is 1.12. The molecule has 0 saturated heterocycles. The van der Waals surface area contributed by atoms with E-state index in [4.69, 9.17) is 11.6 Å². The molecule has 0 N–H and O–H groups in total. The first-order valence-electron chi connectivity index (χ1n) is 3.74. The summed E-state index contributed by atoms with van der Waals surface area (Å²) < 4.78 is 0. The van der Waals surface area contributed by atoms with Gasteiger partial charge in [-0.25, -0.2) is 0 Å². The van der Waals surface area contributed by atoms with Crippen molar-refractivity contribution in [2.75, 3.05) is 0 Å². The summed E-state index contributed by atoms with van der Waals surface area (Å²) in [6.07, 6.45) is 8.44. The number of hydrogen-bond acceptors (Lipinski definition) is 0. The molecule has 0 aromatic rings. The highest BCUT2D eigenvalue weighted by molar-refractivity contribution is 6.30. The first kappa shape index (κ1) is 7.69. The Bertz CT molecular complexity index is 181. The van der Waals surface area contributed by atoms with Crippen molar-refractivity contribution >= 4 is 11.6 Å². The van der Waals surface area contributed by atoms with E-state index in [1.807, 2.05) is 0 Å². The molecule has 0 nitrogen and oxygen atoms in total. The van der Waals surface area contributed by atoms with Gasteiger partial charge in [0.15, 0.2) is 0 Å². The maximum atomic E-state index is 5.29. The van der Waals surface area contributed by atoms with Gasteiger partial charge in [-0.2, -0.15) is 0 Å². The van der Waals surface area contributed by atoms with Gasteiger partial charge < -0.3 is 0 Å². The molecule has 0 spiro atoms. The molecule has 0 aliphatic heterocycles. The van der Waals surface area contributed by atoms with E-state index in [1.165, 1.54) is 31.3 Å². The summed E-state index contributed by atoms with van der Waals surface area (Å²) >= 11 is 5.29. The highest BCUT2D eigenvalue weighted by atomic mass is 35.5. The van der Waals surface area contributed by atoms with E-state index in [2.05, 4.69) is 17.4 Å². The topological polar surface area (TPSA) is 0 Å². The van der Waals surface area contributed by atoms with E-state index < -0.39 is 0 Å². The fraction of sp³-hybridized carbons (Fsp3) is 0.556. The van der Waals surface area contributed by atoms with E-state index in [0.717, 1.165) is 6.42 Å². The minimum Gasteiger partial charge on any atom is -0.0729 e. The lowest BCUT2D eigenvalue weighted by Gasteiger charge is -1.91. The van der Waals surface area contributed by atoms with Crippen molar-refractivity contribution in [2.45, 2.75) is 32.1 Å². The predicted molar refractivity (Wildman–Crippen MR) is 44.8 cm³/mol.